The summed E-state index contributed by atoms with van der Waals surface area (Å²) in [5.74, 6) is 0.948. The fourth-order valence-corrected chi connectivity index (χ4v) is 4.66. The molecule has 1 aromatic heterocycles. The number of nitrogens with zero attached hydrogens (tertiary/aromatic N) is 2. The van der Waals surface area contributed by atoms with Crippen LogP contribution >= 0.6 is 11.3 Å². The number of piperidine rings is 1. The number of ether oxygens (including phenoxy) is 2. The second kappa shape index (κ2) is 6.62. The lowest BCUT2D eigenvalue weighted by Crippen LogP contribution is -2.42. The van der Waals surface area contributed by atoms with Gasteiger partial charge in [0, 0.05) is 13.1 Å². The van der Waals surface area contributed by atoms with Crippen LogP contribution in [0.3, 0.4) is 0 Å². The number of thiazole rings is 1. The van der Waals surface area contributed by atoms with Gasteiger partial charge < -0.3 is 9.47 Å². The SMILES string of the molecule is CCS(=O)(=O)N1CCC(Oc2nc3ccc(OC)cc3s2)CC1. The van der Waals surface area contributed by atoms with Crippen LogP contribution in [0, 0.1) is 0 Å². The zero-order valence-electron chi connectivity index (χ0n) is 13.2. The van der Waals surface area contributed by atoms with Crippen molar-refractivity contribution in [1.82, 2.24) is 9.29 Å². The van der Waals surface area contributed by atoms with Gasteiger partial charge in [0.1, 0.15) is 11.9 Å². The normalized spacial score (nSPS) is 17.5. The van der Waals surface area contributed by atoms with Crippen LogP contribution in [0.5, 0.6) is 10.9 Å². The Hall–Kier alpha value is -1.38. The number of rotatable bonds is 5. The molecule has 0 aliphatic carbocycles. The zero-order chi connectivity index (χ0) is 16.4. The molecule has 3 rings (SSSR count). The van der Waals surface area contributed by atoms with Gasteiger partial charge in [0.15, 0.2) is 0 Å². The van der Waals surface area contributed by atoms with Crippen molar-refractivity contribution in [3.63, 3.8) is 0 Å². The van der Waals surface area contributed by atoms with Crippen LogP contribution in [0.4, 0.5) is 0 Å². The molecular formula is C15H20N2O4S2. The van der Waals surface area contributed by atoms with E-state index in [-0.39, 0.29) is 11.9 Å². The Morgan fingerprint density at radius 2 is 2.09 bits per heavy atom. The van der Waals surface area contributed by atoms with Gasteiger partial charge in [-0.15, -0.1) is 0 Å². The number of sulfonamides is 1. The molecule has 0 N–H and O–H groups in total. The average molecular weight is 356 g/mol. The zero-order valence-corrected chi connectivity index (χ0v) is 14.8. The first-order chi connectivity index (χ1) is 11.0. The summed E-state index contributed by atoms with van der Waals surface area (Å²) >= 11 is 1.49. The molecule has 1 fully saturated rings. The number of fused-ring (bicyclic) bond motifs is 1. The maximum absolute atomic E-state index is 11.9. The third-order valence-corrected chi connectivity index (χ3v) is 6.79. The maximum Gasteiger partial charge on any atom is 0.274 e. The first-order valence-corrected chi connectivity index (χ1v) is 10.0. The number of aromatic nitrogens is 1. The molecule has 0 spiro atoms. The second-order valence-corrected chi connectivity index (χ2v) is 8.68. The third kappa shape index (κ3) is 3.59. The monoisotopic (exact) mass is 356 g/mol. The van der Waals surface area contributed by atoms with E-state index in [0.717, 1.165) is 16.0 Å². The van der Waals surface area contributed by atoms with E-state index in [4.69, 9.17) is 9.47 Å². The summed E-state index contributed by atoms with van der Waals surface area (Å²) in [5, 5.41) is 0.630. The van der Waals surface area contributed by atoms with Gasteiger partial charge >= 0.3 is 0 Å². The lowest BCUT2D eigenvalue weighted by molar-refractivity contribution is 0.135. The van der Waals surface area contributed by atoms with Gasteiger partial charge in [-0.3, -0.25) is 0 Å². The Kier molecular flexibility index (Phi) is 4.74. The molecule has 8 heteroatoms. The molecule has 126 valence electrons. The Bertz CT molecular complexity index is 780. The molecule has 0 unspecified atom stereocenters. The van der Waals surface area contributed by atoms with Crippen LogP contribution in [0.15, 0.2) is 18.2 Å². The molecule has 1 saturated heterocycles. The highest BCUT2D eigenvalue weighted by atomic mass is 32.2. The van der Waals surface area contributed by atoms with Crippen molar-refractivity contribution in [3.05, 3.63) is 18.2 Å². The van der Waals surface area contributed by atoms with E-state index < -0.39 is 10.0 Å². The summed E-state index contributed by atoms with van der Waals surface area (Å²) in [6.45, 7) is 2.70. The predicted molar refractivity (Wildman–Crippen MR) is 90.9 cm³/mol. The lowest BCUT2D eigenvalue weighted by Gasteiger charge is -2.30. The van der Waals surface area contributed by atoms with Crippen LogP contribution in [0.2, 0.25) is 0 Å². The van der Waals surface area contributed by atoms with Gasteiger partial charge in [-0.2, -0.15) is 0 Å². The van der Waals surface area contributed by atoms with E-state index in [1.807, 2.05) is 18.2 Å². The van der Waals surface area contributed by atoms with Crippen LogP contribution in [0.25, 0.3) is 10.2 Å². The average Bonchev–Trinajstić information content (AvgIpc) is 2.96. The molecule has 0 saturated carbocycles. The largest absolute Gasteiger partial charge is 0.497 e. The summed E-state index contributed by atoms with van der Waals surface area (Å²) in [7, 11) is -1.46. The molecule has 0 atom stereocenters. The quantitative estimate of drug-likeness (QED) is 0.823. The predicted octanol–water partition coefficient (Wildman–Crippen LogP) is 2.50. The Morgan fingerprint density at radius 1 is 1.35 bits per heavy atom. The molecule has 2 heterocycles. The number of hydrogen-bond donors (Lipinski definition) is 0. The Balaban J connectivity index is 1.65. The lowest BCUT2D eigenvalue weighted by atomic mass is 10.1. The number of hydrogen-bond acceptors (Lipinski definition) is 6. The van der Waals surface area contributed by atoms with E-state index in [9.17, 15) is 8.42 Å². The molecule has 6 nitrogen and oxygen atoms in total. The van der Waals surface area contributed by atoms with Crippen LogP contribution in [-0.2, 0) is 10.0 Å². The molecule has 2 aromatic rings. The fourth-order valence-electron chi connectivity index (χ4n) is 2.61. The van der Waals surface area contributed by atoms with E-state index in [1.165, 1.54) is 11.3 Å². The van der Waals surface area contributed by atoms with Crippen molar-refractivity contribution in [1.29, 1.82) is 0 Å². The van der Waals surface area contributed by atoms with Gasteiger partial charge in [0.25, 0.3) is 5.19 Å². The van der Waals surface area contributed by atoms with Gasteiger partial charge in [-0.1, -0.05) is 11.3 Å². The highest BCUT2D eigenvalue weighted by Gasteiger charge is 2.28. The molecule has 0 radical (unpaired) electrons. The molecule has 0 bridgehead atoms. The van der Waals surface area contributed by atoms with Crippen molar-refractivity contribution in [2.45, 2.75) is 25.9 Å². The minimum Gasteiger partial charge on any atom is -0.497 e. The minimum absolute atomic E-state index is 0.0146. The van der Waals surface area contributed by atoms with Crippen molar-refractivity contribution in [2.24, 2.45) is 0 Å². The summed E-state index contributed by atoms with van der Waals surface area (Å²) in [5.41, 5.74) is 0.886. The first-order valence-electron chi connectivity index (χ1n) is 7.61. The maximum atomic E-state index is 11.9. The topological polar surface area (TPSA) is 68.7 Å². The van der Waals surface area contributed by atoms with Crippen molar-refractivity contribution >= 4 is 31.6 Å². The molecule has 1 aliphatic heterocycles. The van der Waals surface area contributed by atoms with Crippen LogP contribution < -0.4 is 9.47 Å². The van der Waals surface area contributed by atoms with Gasteiger partial charge in [0.05, 0.1) is 23.1 Å². The van der Waals surface area contributed by atoms with Crippen molar-refractivity contribution in [3.8, 4) is 10.9 Å². The first kappa shape index (κ1) is 16.5. The Labute approximate surface area is 140 Å². The van der Waals surface area contributed by atoms with E-state index in [1.54, 1.807) is 18.3 Å². The van der Waals surface area contributed by atoms with Gasteiger partial charge in [0.2, 0.25) is 10.0 Å². The highest BCUT2D eigenvalue weighted by Crippen LogP contribution is 2.32. The summed E-state index contributed by atoms with van der Waals surface area (Å²) in [6.07, 6.45) is 1.40. The van der Waals surface area contributed by atoms with Crippen LogP contribution in [0.1, 0.15) is 19.8 Å². The Morgan fingerprint density at radius 3 is 2.74 bits per heavy atom. The second-order valence-electron chi connectivity index (χ2n) is 5.43. The molecule has 0 amide bonds. The number of methoxy groups -OCH3 is 1. The summed E-state index contributed by atoms with van der Waals surface area (Å²) in [4.78, 5) is 4.48. The van der Waals surface area contributed by atoms with Gasteiger partial charge in [-0.25, -0.2) is 17.7 Å². The molecule has 23 heavy (non-hydrogen) atoms. The van der Waals surface area contributed by atoms with E-state index in [0.29, 0.717) is 31.1 Å². The minimum atomic E-state index is -3.09. The molecule has 1 aromatic carbocycles. The highest BCUT2D eigenvalue weighted by molar-refractivity contribution is 7.89. The molecule has 1 aliphatic rings. The molecular weight excluding hydrogens is 336 g/mol. The smallest absolute Gasteiger partial charge is 0.274 e. The summed E-state index contributed by atoms with van der Waals surface area (Å²) in [6, 6.07) is 5.73. The van der Waals surface area contributed by atoms with E-state index >= 15 is 0 Å². The number of benzene rings is 1. The van der Waals surface area contributed by atoms with Crippen molar-refractivity contribution < 1.29 is 17.9 Å². The van der Waals surface area contributed by atoms with Crippen LogP contribution in [-0.4, -0.2) is 49.8 Å². The summed E-state index contributed by atoms with van der Waals surface area (Å²) < 4.78 is 37.5. The van der Waals surface area contributed by atoms with Crippen molar-refractivity contribution in [2.75, 3.05) is 26.0 Å². The van der Waals surface area contributed by atoms with E-state index in [2.05, 4.69) is 4.98 Å². The fraction of sp³-hybridized carbons (Fsp3) is 0.533. The third-order valence-electron chi connectivity index (χ3n) is 4.00. The standard InChI is InChI=1S/C15H20N2O4S2/c1-3-23(18,19)17-8-6-11(7-9-17)21-15-16-13-5-4-12(20-2)10-14(13)22-15/h4-5,10-11H,3,6-9H2,1-2H3. The van der Waals surface area contributed by atoms with Gasteiger partial charge in [-0.05, 0) is 38.0 Å².